The zero-order chi connectivity index (χ0) is 72.1. The van der Waals surface area contributed by atoms with Gasteiger partial charge in [-0.05, 0) is 151 Å². The molecule has 0 unspecified atom stereocenters. The Labute approximate surface area is 609 Å². The SMILES string of the molecule is CCCCCCCN1C(=O)c2cccc3c(-c4ccc(-c5ccc6c7c(cccc57)C(=O)N(CCCCCCC)C6=O)c5ccccc45)ccc(c23)C1=O.CCCCCCCN1C(=O)c2cccc3c(-c4ccc(-c5ccc6c7c(cccc57)C(=O)N(CCCCCCC)C6=O)cc4)ccc(c23)C1=O. The van der Waals surface area contributed by atoms with Gasteiger partial charge in [0, 0.05) is 92.2 Å². The van der Waals surface area contributed by atoms with E-state index in [1.54, 1.807) is 0 Å². The van der Waals surface area contributed by atoms with Crippen molar-refractivity contribution in [1.29, 1.82) is 0 Å². The molecule has 4 aliphatic heterocycles. The Kier molecular flexibility index (Phi) is 21.0. The summed E-state index contributed by atoms with van der Waals surface area (Å²) in [6.45, 7) is 10.4. The number of unbranched alkanes of at least 4 members (excludes halogenated alkanes) is 16. The van der Waals surface area contributed by atoms with Gasteiger partial charge in [0.15, 0.2) is 0 Å². The summed E-state index contributed by atoms with van der Waals surface area (Å²) in [4.78, 5) is 115. The quantitative estimate of drug-likeness (QED) is 0.0347. The molecule has 0 bridgehead atoms. The molecule has 4 aliphatic rings. The van der Waals surface area contributed by atoms with E-state index in [1.807, 2.05) is 133 Å². The van der Waals surface area contributed by atoms with E-state index in [1.165, 1.54) is 19.6 Å². The van der Waals surface area contributed by atoms with Gasteiger partial charge in [-0.1, -0.05) is 264 Å². The summed E-state index contributed by atoms with van der Waals surface area (Å²) in [6, 6.07) is 59.2. The third kappa shape index (κ3) is 13.0. The van der Waals surface area contributed by atoms with Crippen molar-refractivity contribution in [2.45, 2.75) is 156 Å². The van der Waals surface area contributed by atoms with E-state index < -0.39 is 0 Å². The highest BCUT2D eigenvalue weighted by atomic mass is 16.2. The number of rotatable bonds is 28. The average molecular weight is 1380 g/mol. The van der Waals surface area contributed by atoms with Crippen LogP contribution in [0.3, 0.4) is 0 Å². The second-order valence-electron chi connectivity index (χ2n) is 28.5. The number of nitrogens with zero attached hydrogens (tertiary/aromatic N) is 4. The molecule has 0 spiro atoms. The second kappa shape index (κ2) is 31.1. The fraction of sp³-hybridized carbons (Fsp3) is 0.304. The molecule has 4 heterocycles. The molecule has 0 aromatic heterocycles. The molecule has 0 aliphatic carbocycles. The molecule has 0 N–H and O–H groups in total. The Bertz CT molecular complexity index is 4850. The van der Waals surface area contributed by atoms with Crippen LogP contribution < -0.4 is 0 Å². The van der Waals surface area contributed by atoms with Crippen molar-refractivity contribution in [2.24, 2.45) is 0 Å². The van der Waals surface area contributed by atoms with Crippen LogP contribution in [0.15, 0.2) is 182 Å². The maximum Gasteiger partial charge on any atom is 0.261 e. The van der Waals surface area contributed by atoms with Gasteiger partial charge in [0.2, 0.25) is 0 Å². The number of carbonyl (C=O) groups is 8. The monoisotopic (exact) mass is 1380 g/mol. The number of hydrogen-bond donors (Lipinski definition) is 0. The minimum Gasteiger partial charge on any atom is -0.274 e. The molecule has 0 radical (unpaired) electrons. The van der Waals surface area contributed by atoms with E-state index in [4.69, 9.17) is 0 Å². The summed E-state index contributed by atoms with van der Waals surface area (Å²) in [5, 5.41) is 8.44. The highest BCUT2D eigenvalue weighted by Crippen LogP contribution is 2.46. The molecule has 12 heteroatoms. The van der Waals surface area contributed by atoms with Gasteiger partial charge in [-0.3, -0.25) is 58.0 Å². The first-order chi connectivity index (χ1) is 50.9. The zero-order valence-electron chi connectivity index (χ0n) is 60.3. The molecule has 0 saturated carbocycles. The first-order valence-electron chi connectivity index (χ1n) is 38.2. The van der Waals surface area contributed by atoms with Gasteiger partial charge in [-0.15, -0.1) is 0 Å². The van der Waals surface area contributed by atoms with Crippen LogP contribution in [0.5, 0.6) is 0 Å². The predicted molar refractivity (Wildman–Crippen MR) is 419 cm³/mol. The number of fused-ring (bicyclic) bond motifs is 1. The first kappa shape index (κ1) is 70.3. The van der Waals surface area contributed by atoms with Crippen LogP contribution in [0.25, 0.3) is 98.4 Å². The topological polar surface area (TPSA) is 150 Å². The van der Waals surface area contributed by atoms with E-state index >= 15 is 0 Å². The van der Waals surface area contributed by atoms with Gasteiger partial charge in [-0.2, -0.15) is 0 Å². The Morgan fingerprint density at radius 1 is 0.183 bits per heavy atom. The standard InChI is InChI=1S/C48H46N2O4.C44H44N2O4/c1-3-5-7-9-13-29-49-45(51)39-21-15-19-37-35(25-27-41(43(37)39)47(49)53)33-23-24-34(32-18-12-11-17-31(32)33)36-26-28-42-44-38(36)20-16-22-40(44)46(52)50(48(42)54)30-14-10-8-6-4-2;1-3-5-7-9-11-27-45-41(47)35-17-13-15-33-31(23-25-37(39(33)35)43(45)49)29-19-21-30(22-20-29)32-24-26-38-40-34(32)16-14-18-36(40)42(48)46(44(38)50)28-12-10-8-6-4-2/h11-12,15-28H,3-10,13-14,29-30H2,1-2H3;13-26H,3-12,27-28H2,1-2H3. The smallest absolute Gasteiger partial charge is 0.261 e. The normalized spacial score (nSPS) is 14.0. The van der Waals surface area contributed by atoms with E-state index in [0.717, 1.165) is 216 Å². The van der Waals surface area contributed by atoms with E-state index in [-0.39, 0.29) is 47.3 Å². The van der Waals surface area contributed by atoms with E-state index in [2.05, 4.69) is 76.2 Å². The molecule has 0 atom stereocenters. The van der Waals surface area contributed by atoms with Gasteiger partial charge in [-0.25, -0.2) is 0 Å². The lowest BCUT2D eigenvalue weighted by molar-refractivity contribution is 0.0592. The molecule has 8 amide bonds. The average Bonchev–Trinajstić information content (AvgIpc) is 0.745. The van der Waals surface area contributed by atoms with Gasteiger partial charge in [0.1, 0.15) is 0 Å². The van der Waals surface area contributed by atoms with E-state index in [0.29, 0.717) is 81.5 Å². The predicted octanol–water partition coefficient (Wildman–Crippen LogP) is 22.1. The van der Waals surface area contributed by atoms with Crippen molar-refractivity contribution < 1.29 is 38.4 Å². The highest BCUT2D eigenvalue weighted by molar-refractivity contribution is 6.31. The lowest BCUT2D eigenvalue weighted by Crippen LogP contribution is -2.40. The Balaban J connectivity index is 0.000000176. The molecule has 526 valence electrons. The summed E-state index contributed by atoms with van der Waals surface area (Å²) in [7, 11) is 0. The van der Waals surface area contributed by atoms with Gasteiger partial charge < -0.3 is 0 Å². The van der Waals surface area contributed by atoms with Crippen molar-refractivity contribution in [1.82, 2.24) is 19.6 Å². The summed E-state index contributed by atoms with van der Waals surface area (Å²) >= 11 is 0. The molecule has 15 rings (SSSR count). The molecule has 11 aromatic carbocycles. The van der Waals surface area contributed by atoms with Crippen LogP contribution in [0.1, 0.15) is 239 Å². The largest absolute Gasteiger partial charge is 0.274 e. The molecule has 12 nitrogen and oxygen atoms in total. The maximum atomic E-state index is 13.8. The Morgan fingerprint density at radius 3 is 0.625 bits per heavy atom. The molecule has 104 heavy (non-hydrogen) atoms. The summed E-state index contributed by atoms with van der Waals surface area (Å²) in [5.74, 6) is -1.75. The van der Waals surface area contributed by atoms with E-state index in [9.17, 15) is 38.4 Å². The first-order valence-corrected chi connectivity index (χ1v) is 38.2. The number of amides is 8. The lowest BCUT2D eigenvalue weighted by atomic mass is 9.84. The Hall–Kier alpha value is -10.7. The van der Waals surface area contributed by atoms with Crippen molar-refractivity contribution in [3.63, 3.8) is 0 Å². The van der Waals surface area contributed by atoms with Gasteiger partial charge >= 0.3 is 0 Å². The zero-order valence-corrected chi connectivity index (χ0v) is 60.3. The van der Waals surface area contributed by atoms with Crippen LogP contribution in [0.4, 0.5) is 0 Å². The Morgan fingerprint density at radius 2 is 0.375 bits per heavy atom. The van der Waals surface area contributed by atoms with Crippen LogP contribution in [0, 0.1) is 0 Å². The summed E-state index contributed by atoms with van der Waals surface area (Å²) < 4.78 is 0. The third-order valence-corrected chi connectivity index (χ3v) is 21.9. The molecule has 11 aromatic rings. The van der Waals surface area contributed by atoms with Crippen molar-refractivity contribution in [2.75, 3.05) is 26.2 Å². The lowest BCUT2D eigenvalue weighted by Gasteiger charge is -2.28. The number of imide groups is 4. The second-order valence-corrected chi connectivity index (χ2v) is 28.5. The number of hydrogen-bond acceptors (Lipinski definition) is 8. The number of benzene rings is 11. The molecule has 0 fully saturated rings. The van der Waals surface area contributed by atoms with Gasteiger partial charge in [0.05, 0.1) is 0 Å². The van der Waals surface area contributed by atoms with Crippen LogP contribution in [-0.4, -0.2) is 93.0 Å². The maximum absolute atomic E-state index is 13.8. The summed E-state index contributed by atoms with van der Waals surface area (Å²) in [6.07, 6.45) is 20.9. The molecule has 0 saturated heterocycles. The minimum absolute atomic E-state index is 0.217. The third-order valence-electron chi connectivity index (χ3n) is 21.9. The molecular formula is C92H90N4O8. The van der Waals surface area contributed by atoms with Crippen LogP contribution >= 0.6 is 0 Å². The van der Waals surface area contributed by atoms with Gasteiger partial charge in [0.25, 0.3) is 47.3 Å². The fourth-order valence-corrected chi connectivity index (χ4v) is 16.5. The van der Waals surface area contributed by atoms with Crippen LogP contribution in [-0.2, 0) is 0 Å². The van der Waals surface area contributed by atoms with Crippen molar-refractivity contribution in [3.05, 3.63) is 226 Å². The summed E-state index contributed by atoms with van der Waals surface area (Å²) in [5.41, 5.74) is 12.3. The fourth-order valence-electron chi connectivity index (χ4n) is 16.5. The van der Waals surface area contributed by atoms with Crippen molar-refractivity contribution >= 4 is 101 Å². The van der Waals surface area contributed by atoms with Crippen LogP contribution in [0.2, 0.25) is 0 Å². The molecular weight excluding hydrogens is 1290 g/mol. The highest BCUT2D eigenvalue weighted by Gasteiger charge is 2.38. The number of carbonyl (C=O) groups excluding carboxylic acids is 8. The minimum atomic E-state index is -0.221. The van der Waals surface area contributed by atoms with Crippen molar-refractivity contribution in [3.8, 4) is 44.5 Å².